The van der Waals surface area contributed by atoms with Crippen LogP contribution in [0, 0.1) is 6.92 Å². The summed E-state index contributed by atoms with van der Waals surface area (Å²) in [6.07, 6.45) is 10.2. The summed E-state index contributed by atoms with van der Waals surface area (Å²) < 4.78 is 1.41. The third kappa shape index (κ3) is 7.28. The zero-order valence-electron chi connectivity index (χ0n) is 19.9. The van der Waals surface area contributed by atoms with E-state index in [9.17, 15) is 5.53 Å². The number of unbranched alkanes of at least 4 members (excludes halogenated alkanes) is 3. The fraction of sp³-hybridized carbons (Fsp3) is 0.429. The van der Waals surface area contributed by atoms with Gasteiger partial charge in [-0.05, 0) is 62.4 Å². The number of hydrogen-bond acceptors (Lipinski definition) is 0. The topological polar surface area (TPSA) is 25.3 Å². The van der Waals surface area contributed by atoms with E-state index in [1.54, 1.807) is 14.4 Å². The molecule has 1 heterocycles. The van der Waals surface area contributed by atoms with Gasteiger partial charge in [-0.2, -0.15) is 0 Å². The fourth-order valence-electron chi connectivity index (χ4n) is 3.88. The van der Waals surface area contributed by atoms with E-state index >= 15 is 0 Å². The molecule has 0 aromatic heterocycles. The summed E-state index contributed by atoms with van der Waals surface area (Å²) >= 11 is 1.62. The van der Waals surface area contributed by atoms with E-state index in [1.165, 1.54) is 47.1 Å². The van der Waals surface area contributed by atoms with Crippen LogP contribution in [0.4, 0.5) is 0 Å². The first-order chi connectivity index (χ1) is 15.0. The second-order valence-corrected chi connectivity index (χ2v) is 9.15. The van der Waals surface area contributed by atoms with Gasteiger partial charge in [0.1, 0.15) is 0 Å². The molecule has 1 aliphatic rings. The van der Waals surface area contributed by atoms with Crippen LogP contribution in [0.25, 0.3) is 16.9 Å². The van der Waals surface area contributed by atoms with E-state index in [0.29, 0.717) is 0 Å². The van der Waals surface area contributed by atoms with E-state index in [-0.39, 0.29) is 0 Å². The Morgan fingerprint density at radius 2 is 1.52 bits per heavy atom. The summed E-state index contributed by atoms with van der Waals surface area (Å²) in [5, 5.41) is 0. The normalized spacial score (nSPS) is 13.3. The molecule has 3 rings (SSSR count). The van der Waals surface area contributed by atoms with Crippen molar-refractivity contribution in [3.63, 3.8) is 0 Å². The van der Waals surface area contributed by atoms with Crippen LogP contribution in [0.5, 0.6) is 0 Å². The third-order valence-corrected chi connectivity index (χ3v) is 5.44. The van der Waals surface area contributed by atoms with Crippen molar-refractivity contribution in [3.05, 3.63) is 88.0 Å². The van der Waals surface area contributed by atoms with Crippen molar-refractivity contribution < 1.29 is 19.1 Å². The molecule has 3 heteroatoms. The average Bonchev–Trinajstić information content (AvgIpc) is 3.09. The molecule has 0 saturated heterocycles. The van der Waals surface area contributed by atoms with Gasteiger partial charge < -0.3 is 5.53 Å². The first-order valence-corrected chi connectivity index (χ1v) is 13.3. The molecule has 0 atom stereocenters. The van der Waals surface area contributed by atoms with Gasteiger partial charge in [-0.15, -0.1) is 0 Å². The van der Waals surface area contributed by atoms with Crippen molar-refractivity contribution in [1.29, 1.82) is 0 Å². The van der Waals surface area contributed by atoms with Crippen LogP contribution in [0.15, 0.2) is 60.2 Å². The molecule has 0 spiro atoms. The quantitative estimate of drug-likeness (QED) is 0.202. The molecule has 2 nitrogen and oxygen atoms in total. The Morgan fingerprint density at radius 1 is 0.839 bits per heavy atom. The summed E-state index contributed by atoms with van der Waals surface area (Å²) in [7, 11) is 0. The molecule has 2 aromatic carbocycles. The minimum absolute atomic E-state index is 0.890. The molecule has 0 saturated carbocycles. The molecular formula is C28H38N2Ni. The third-order valence-electron chi connectivity index (χ3n) is 5.44. The molecular weight excluding hydrogens is 423 g/mol. The molecule has 0 unspecified atom stereocenters. The molecule has 0 amide bonds. The molecule has 31 heavy (non-hydrogen) atoms. The maximum absolute atomic E-state index is 11.1. The van der Waals surface area contributed by atoms with Crippen molar-refractivity contribution in [1.82, 2.24) is 0 Å². The summed E-state index contributed by atoms with van der Waals surface area (Å²) in [4.78, 5) is 0. The number of allylic oxidation sites excluding steroid dienone is 2. The van der Waals surface area contributed by atoms with Gasteiger partial charge >= 0.3 is 26.2 Å². The molecule has 0 fully saturated rings. The molecule has 170 valence electrons. The number of nitrogens with zero attached hydrogens (tertiary/aromatic N) is 2. The Morgan fingerprint density at radius 3 is 2.19 bits per heavy atom. The summed E-state index contributed by atoms with van der Waals surface area (Å²) in [6.45, 7) is 6.55. The van der Waals surface area contributed by atoms with Gasteiger partial charge in [0.05, 0.1) is 0 Å². The Labute approximate surface area is 195 Å². The fourth-order valence-corrected chi connectivity index (χ4v) is 3.88. The van der Waals surface area contributed by atoms with Crippen LogP contribution in [-0.4, -0.2) is 4.70 Å². The molecule has 2 aromatic rings. The predicted molar refractivity (Wildman–Crippen MR) is 131 cm³/mol. The summed E-state index contributed by atoms with van der Waals surface area (Å²) in [6, 6.07) is 17.1. The van der Waals surface area contributed by atoms with Crippen molar-refractivity contribution in [3.8, 4) is 0 Å². The van der Waals surface area contributed by atoms with Gasteiger partial charge in [0, 0.05) is 22.8 Å². The van der Waals surface area contributed by atoms with Crippen LogP contribution in [-0.2, 0) is 20.9 Å². The monoisotopic (exact) mass is 460 g/mol. The number of benzene rings is 2. The summed E-state index contributed by atoms with van der Waals surface area (Å²) in [5.74, 6) is 4.12. The zero-order valence-corrected chi connectivity index (χ0v) is 20.8. The van der Waals surface area contributed by atoms with Crippen molar-refractivity contribution in [2.24, 2.45) is 0 Å². The van der Waals surface area contributed by atoms with Gasteiger partial charge in [-0.3, -0.25) is 0 Å². The van der Waals surface area contributed by atoms with E-state index in [1.807, 2.05) is 0 Å². The van der Waals surface area contributed by atoms with Crippen molar-refractivity contribution in [2.45, 2.75) is 77.5 Å². The number of rotatable bonds is 9. The van der Waals surface area contributed by atoms with Crippen molar-refractivity contribution >= 4 is 11.4 Å². The van der Waals surface area contributed by atoms with Gasteiger partial charge in [0.25, 0.3) is 0 Å². The first-order valence-electron chi connectivity index (χ1n) is 11.4. The molecule has 0 radical (unpaired) electrons. The SMILES string of the molecule is CCCCCC1=C(c2cccc(C)c2)[N+](=[N-])C(c2cccc(CCCC)c2)=C1.[CH3][Ni][CH3]. The molecule has 0 N–H and O–H groups in total. The van der Waals surface area contributed by atoms with Crippen LogP contribution < -0.4 is 0 Å². The van der Waals surface area contributed by atoms with Crippen LogP contribution >= 0.6 is 0 Å². The zero-order chi connectivity index (χ0) is 22.6. The van der Waals surface area contributed by atoms with E-state index in [4.69, 9.17) is 0 Å². The van der Waals surface area contributed by atoms with E-state index in [2.05, 4.69) is 87.2 Å². The maximum atomic E-state index is 11.1. The second-order valence-electron chi connectivity index (χ2n) is 8.16. The number of aryl methyl sites for hydroxylation is 2. The first kappa shape index (κ1) is 25.3. The summed E-state index contributed by atoms with van der Waals surface area (Å²) in [5.41, 5.74) is 18.9. The van der Waals surface area contributed by atoms with Gasteiger partial charge in [0.15, 0.2) is 0 Å². The van der Waals surface area contributed by atoms with E-state index < -0.39 is 0 Å². The van der Waals surface area contributed by atoms with E-state index in [0.717, 1.165) is 41.8 Å². The Hall–Kier alpha value is -1.99. The number of hydrogen-bond donors (Lipinski definition) is 0. The second kappa shape index (κ2) is 13.4. The molecule has 0 aliphatic carbocycles. The average molecular weight is 461 g/mol. The standard InChI is InChI=1S/C26H32N2.2CH3.Ni/c1-4-6-8-14-24-19-25(22-15-10-13-21(18-22)12-7-5-2)28(27)26(24)23-16-9-11-20(3)17-23;;;/h9-11,13,15-19H,4-8,12,14H2,1-3H3;2*1H3;. The Kier molecular flexibility index (Phi) is 11.0. The molecule has 0 bridgehead atoms. The van der Waals surface area contributed by atoms with Crippen molar-refractivity contribution in [2.75, 3.05) is 0 Å². The Bertz CT molecular complexity index is 924. The van der Waals surface area contributed by atoms with Gasteiger partial charge in [0.2, 0.25) is 11.4 Å². The predicted octanol–water partition coefficient (Wildman–Crippen LogP) is 8.88. The Balaban J connectivity index is 0.00000107. The van der Waals surface area contributed by atoms with Gasteiger partial charge in [-0.1, -0.05) is 62.9 Å². The molecule has 1 aliphatic heterocycles. The van der Waals surface area contributed by atoms with Crippen LogP contribution in [0.2, 0.25) is 11.8 Å². The van der Waals surface area contributed by atoms with Gasteiger partial charge in [-0.25, -0.2) is 4.70 Å². The minimum atomic E-state index is 0.890. The van der Waals surface area contributed by atoms with Crippen LogP contribution in [0.3, 0.4) is 0 Å². The van der Waals surface area contributed by atoms with Crippen LogP contribution in [0.1, 0.15) is 74.6 Å².